The second-order valence-electron chi connectivity index (χ2n) is 5.53. The fourth-order valence-electron chi connectivity index (χ4n) is 2.79. The second-order valence-corrected chi connectivity index (χ2v) is 5.53. The lowest BCUT2D eigenvalue weighted by Gasteiger charge is -2.14. The largest absolute Gasteiger partial charge is 0.303 e. The van der Waals surface area contributed by atoms with E-state index >= 15 is 0 Å². The molecule has 1 aliphatic rings. The molecule has 1 aromatic carbocycles. The van der Waals surface area contributed by atoms with Crippen molar-refractivity contribution in [2.75, 3.05) is 14.1 Å². The van der Waals surface area contributed by atoms with Crippen LogP contribution in [0.2, 0.25) is 0 Å². The molecular weight excluding hydrogens is 250 g/mol. The molecule has 3 rings (SSSR count). The summed E-state index contributed by atoms with van der Waals surface area (Å²) in [4.78, 5) is 14.3. The number of aromatic nitrogens is 2. The van der Waals surface area contributed by atoms with Crippen molar-refractivity contribution < 1.29 is 4.79 Å². The monoisotopic (exact) mass is 269 g/mol. The van der Waals surface area contributed by atoms with Gasteiger partial charge in [0, 0.05) is 13.0 Å². The van der Waals surface area contributed by atoms with Gasteiger partial charge in [-0.05, 0) is 39.1 Å². The van der Waals surface area contributed by atoms with E-state index in [-0.39, 0.29) is 5.78 Å². The van der Waals surface area contributed by atoms with Crippen LogP contribution in [0.3, 0.4) is 0 Å². The highest BCUT2D eigenvalue weighted by atomic mass is 16.1. The molecule has 1 aliphatic carbocycles. The summed E-state index contributed by atoms with van der Waals surface area (Å²) >= 11 is 0. The Labute approximate surface area is 119 Å². The van der Waals surface area contributed by atoms with Crippen LogP contribution in [-0.2, 0) is 13.0 Å². The van der Waals surface area contributed by atoms with Crippen LogP contribution < -0.4 is 0 Å². The summed E-state index contributed by atoms with van der Waals surface area (Å²) in [6.07, 6.45) is 2.50. The predicted molar refractivity (Wildman–Crippen MR) is 78.2 cm³/mol. The van der Waals surface area contributed by atoms with E-state index in [1.54, 1.807) is 0 Å². The number of hydrogen-bond acceptors (Lipinski definition) is 3. The molecule has 0 saturated carbocycles. The number of hydrogen-bond donors (Lipinski definition) is 0. The maximum absolute atomic E-state index is 12.3. The summed E-state index contributed by atoms with van der Waals surface area (Å²) in [6, 6.07) is 10.1. The average molecular weight is 269 g/mol. The van der Waals surface area contributed by atoms with Crippen LogP contribution in [0.4, 0.5) is 0 Å². The molecule has 4 nitrogen and oxygen atoms in total. The number of para-hydroxylation sites is 1. The summed E-state index contributed by atoms with van der Waals surface area (Å²) in [6.45, 7) is 0.702. The fourth-order valence-corrected chi connectivity index (χ4v) is 2.79. The van der Waals surface area contributed by atoms with Gasteiger partial charge in [-0.2, -0.15) is 5.10 Å². The molecule has 0 fully saturated rings. The third-order valence-corrected chi connectivity index (χ3v) is 3.62. The van der Waals surface area contributed by atoms with E-state index in [4.69, 9.17) is 5.10 Å². The first-order valence-electron chi connectivity index (χ1n) is 7.01. The minimum absolute atomic E-state index is 0.241. The van der Waals surface area contributed by atoms with Gasteiger partial charge in [-0.15, -0.1) is 0 Å². The Morgan fingerprint density at radius 2 is 1.95 bits per heavy atom. The van der Waals surface area contributed by atoms with Crippen molar-refractivity contribution in [3.05, 3.63) is 47.3 Å². The number of carbonyl (C=O) groups is 1. The standard InChI is InChI=1S/C16H19N3O/c1-18(2)11-13-16-14(9-6-10-15(16)20)19(17-13)12-7-4-3-5-8-12/h3-5,7-8H,6,9-11H2,1-2H3. The van der Waals surface area contributed by atoms with Gasteiger partial charge < -0.3 is 4.90 Å². The van der Waals surface area contributed by atoms with Crippen LogP contribution in [0.5, 0.6) is 0 Å². The van der Waals surface area contributed by atoms with Crippen LogP contribution in [0, 0.1) is 0 Å². The number of nitrogens with zero attached hydrogens (tertiary/aromatic N) is 3. The van der Waals surface area contributed by atoms with Gasteiger partial charge in [0.1, 0.15) is 0 Å². The third-order valence-electron chi connectivity index (χ3n) is 3.62. The highest BCUT2D eigenvalue weighted by Crippen LogP contribution is 2.27. The Morgan fingerprint density at radius 3 is 2.65 bits per heavy atom. The molecule has 4 heteroatoms. The number of carbonyl (C=O) groups excluding carboxylic acids is 1. The Kier molecular flexibility index (Phi) is 3.40. The lowest BCUT2D eigenvalue weighted by molar-refractivity contribution is 0.0970. The van der Waals surface area contributed by atoms with E-state index < -0.39 is 0 Å². The molecule has 1 aromatic heterocycles. The van der Waals surface area contributed by atoms with Gasteiger partial charge in [0.15, 0.2) is 5.78 Å². The molecule has 0 N–H and O–H groups in total. The van der Waals surface area contributed by atoms with Crippen LogP contribution in [-0.4, -0.2) is 34.6 Å². The van der Waals surface area contributed by atoms with Crippen LogP contribution in [0.25, 0.3) is 5.69 Å². The fraction of sp³-hybridized carbons (Fsp3) is 0.375. The van der Waals surface area contributed by atoms with Crippen molar-refractivity contribution in [3.8, 4) is 5.69 Å². The van der Waals surface area contributed by atoms with E-state index in [1.807, 2.05) is 49.1 Å². The minimum Gasteiger partial charge on any atom is -0.303 e. The maximum atomic E-state index is 12.3. The maximum Gasteiger partial charge on any atom is 0.166 e. The van der Waals surface area contributed by atoms with Crippen molar-refractivity contribution in [2.45, 2.75) is 25.8 Å². The zero-order valence-electron chi connectivity index (χ0n) is 12.0. The number of fused-ring (bicyclic) bond motifs is 1. The quantitative estimate of drug-likeness (QED) is 0.859. The highest BCUT2D eigenvalue weighted by Gasteiger charge is 2.27. The number of benzene rings is 1. The highest BCUT2D eigenvalue weighted by molar-refractivity contribution is 5.99. The molecule has 104 valence electrons. The van der Waals surface area contributed by atoms with Crippen LogP contribution in [0.1, 0.15) is 34.6 Å². The van der Waals surface area contributed by atoms with Gasteiger partial charge in [0.05, 0.1) is 22.6 Å². The van der Waals surface area contributed by atoms with Crippen molar-refractivity contribution in [2.24, 2.45) is 0 Å². The van der Waals surface area contributed by atoms with Gasteiger partial charge in [-0.1, -0.05) is 18.2 Å². The topological polar surface area (TPSA) is 38.1 Å². The van der Waals surface area contributed by atoms with E-state index in [0.717, 1.165) is 35.5 Å². The molecule has 0 unspecified atom stereocenters. The number of ketones is 1. The first-order chi connectivity index (χ1) is 9.66. The Morgan fingerprint density at radius 1 is 1.20 bits per heavy atom. The molecule has 2 aromatic rings. The Hall–Kier alpha value is -1.94. The second kappa shape index (κ2) is 5.21. The summed E-state index contributed by atoms with van der Waals surface area (Å²) in [5, 5.41) is 4.71. The van der Waals surface area contributed by atoms with Gasteiger partial charge in [0.25, 0.3) is 0 Å². The average Bonchev–Trinajstić information content (AvgIpc) is 2.79. The Bertz CT molecular complexity index is 629. The van der Waals surface area contributed by atoms with Crippen LogP contribution >= 0.6 is 0 Å². The first-order valence-corrected chi connectivity index (χ1v) is 7.01. The lowest BCUT2D eigenvalue weighted by atomic mass is 9.94. The van der Waals surface area contributed by atoms with Gasteiger partial charge in [0.2, 0.25) is 0 Å². The van der Waals surface area contributed by atoms with Crippen LogP contribution in [0.15, 0.2) is 30.3 Å². The molecule has 1 heterocycles. The van der Waals surface area contributed by atoms with Crippen molar-refractivity contribution in [1.82, 2.24) is 14.7 Å². The van der Waals surface area contributed by atoms with Gasteiger partial charge in [-0.3, -0.25) is 4.79 Å². The zero-order chi connectivity index (χ0) is 14.1. The molecule has 0 bridgehead atoms. The van der Waals surface area contributed by atoms with E-state index in [9.17, 15) is 4.79 Å². The summed E-state index contributed by atoms with van der Waals surface area (Å²) in [5.41, 5.74) is 3.86. The van der Waals surface area contributed by atoms with Crippen molar-refractivity contribution in [3.63, 3.8) is 0 Å². The van der Waals surface area contributed by atoms with Crippen molar-refractivity contribution in [1.29, 1.82) is 0 Å². The van der Waals surface area contributed by atoms with Gasteiger partial charge in [-0.25, -0.2) is 4.68 Å². The SMILES string of the molecule is CN(C)Cc1nn(-c2ccccc2)c2c1C(=O)CCC2. The zero-order valence-corrected chi connectivity index (χ0v) is 12.0. The van der Waals surface area contributed by atoms with E-state index in [1.165, 1.54) is 0 Å². The number of Topliss-reactive ketones (excluding diaryl/α,β-unsaturated/α-hetero) is 1. The predicted octanol–water partition coefficient (Wildman–Crippen LogP) is 2.45. The van der Waals surface area contributed by atoms with E-state index in [0.29, 0.717) is 13.0 Å². The minimum atomic E-state index is 0.241. The Balaban J connectivity index is 2.14. The lowest BCUT2D eigenvalue weighted by Crippen LogP contribution is -2.16. The molecule has 0 radical (unpaired) electrons. The molecule has 0 aliphatic heterocycles. The third kappa shape index (κ3) is 2.27. The first kappa shape index (κ1) is 13.1. The van der Waals surface area contributed by atoms with Gasteiger partial charge >= 0.3 is 0 Å². The number of rotatable bonds is 3. The molecule has 20 heavy (non-hydrogen) atoms. The summed E-state index contributed by atoms with van der Waals surface area (Å²) in [7, 11) is 4.00. The summed E-state index contributed by atoms with van der Waals surface area (Å²) < 4.78 is 1.95. The molecular formula is C16H19N3O. The van der Waals surface area contributed by atoms with E-state index in [2.05, 4.69) is 4.90 Å². The summed E-state index contributed by atoms with van der Waals surface area (Å²) in [5.74, 6) is 0.241. The molecule has 0 saturated heterocycles. The normalized spacial score (nSPS) is 14.7. The van der Waals surface area contributed by atoms with Crippen molar-refractivity contribution >= 4 is 5.78 Å². The molecule has 0 spiro atoms. The molecule has 0 amide bonds. The molecule has 0 atom stereocenters. The smallest absolute Gasteiger partial charge is 0.166 e.